The molecule has 0 spiro atoms. The van der Waals surface area contributed by atoms with Gasteiger partial charge < -0.3 is 10.1 Å². The first kappa shape index (κ1) is 21.7. The predicted molar refractivity (Wildman–Crippen MR) is 107 cm³/mol. The average Bonchev–Trinajstić information content (AvgIpc) is 2.58. The Balaban J connectivity index is 2.13. The summed E-state index contributed by atoms with van der Waals surface area (Å²) in [5, 5.41) is 2.72. The quantitative estimate of drug-likeness (QED) is 0.728. The van der Waals surface area contributed by atoms with Crippen molar-refractivity contribution in [2.75, 3.05) is 10.6 Å². The largest absolute Gasteiger partial charge is 0.491 e. The summed E-state index contributed by atoms with van der Waals surface area (Å²) in [6.45, 7) is 5.50. The van der Waals surface area contributed by atoms with Gasteiger partial charge in [0.25, 0.3) is 0 Å². The van der Waals surface area contributed by atoms with Crippen LogP contribution in [0.3, 0.4) is 0 Å². The minimum atomic E-state index is -3.80. The number of nitrogens with one attached hydrogen (secondary N) is 1. The van der Waals surface area contributed by atoms with Gasteiger partial charge in [-0.05, 0) is 56.7 Å². The number of nitrogens with zero attached hydrogens (tertiary/aromatic N) is 1. The summed E-state index contributed by atoms with van der Waals surface area (Å²) in [6.07, 6.45) is 1.01. The molecule has 1 atom stereocenters. The highest BCUT2D eigenvalue weighted by Gasteiger charge is 2.29. The molecule has 1 unspecified atom stereocenters. The molecular formula is C20H25FN2O4S. The van der Waals surface area contributed by atoms with Gasteiger partial charge in [0, 0.05) is 6.54 Å². The second-order valence-corrected chi connectivity index (χ2v) is 8.61. The summed E-state index contributed by atoms with van der Waals surface area (Å²) >= 11 is 0. The van der Waals surface area contributed by atoms with Crippen LogP contribution in [0.25, 0.3) is 0 Å². The Morgan fingerprint density at radius 3 is 2.43 bits per heavy atom. The number of hydrogen-bond acceptors (Lipinski definition) is 4. The fourth-order valence-corrected chi connectivity index (χ4v) is 3.93. The molecule has 0 radical (unpaired) electrons. The van der Waals surface area contributed by atoms with E-state index in [4.69, 9.17) is 4.74 Å². The molecule has 0 bridgehead atoms. The Bertz CT molecular complexity index is 931. The molecule has 0 aromatic heterocycles. The van der Waals surface area contributed by atoms with Gasteiger partial charge in [-0.15, -0.1) is 0 Å². The van der Waals surface area contributed by atoms with E-state index in [0.717, 1.165) is 22.2 Å². The van der Waals surface area contributed by atoms with Gasteiger partial charge in [-0.3, -0.25) is 9.10 Å². The zero-order valence-electron chi connectivity index (χ0n) is 16.3. The lowest BCUT2D eigenvalue weighted by atomic mass is 10.2. The van der Waals surface area contributed by atoms with E-state index in [-0.39, 0.29) is 18.3 Å². The van der Waals surface area contributed by atoms with Crippen LogP contribution in [0.1, 0.15) is 26.3 Å². The number of carbonyl (C=O) groups is 1. The van der Waals surface area contributed by atoms with Crippen molar-refractivity contribution in [3.8, 4) is 5.75 Å². The molecule has 0 aliphatic rings. The standard InChI is InChI=1S/C20H25FN2O4S/c1-14(2)27-19-10-5-7-16(11-19)13-22-20(24)15(3)23(28(4,25)26)18-9-6-8-17(21)12-18/h5-12,14-15H,13H2,1-4H3,(H,22,24). The number of carbonyl (C=O) groups excluding carboxylic acids is 1. The maximum absolute atomic E-state index is 13.5. The van der Waals surface area contributed by atoms with E-state index in [0.29, 0.717) is 5.75 Å². The third-order valence-electron chi connectivity index (χ3n) is 3.89. The number of rotatable bonds is 8. The lowest BCUT2D eigenvalue weighted by Gasteiger charge is -2.28. The van der Waals surface area contributed by atoms with Gasteiger partial charge in [-0.1, -0.05) is 18.2 Å². The van der Waals surface area contributed by atoms with Crippen molar-refractivity contribution in [3.05, 3.63) is 59.9 Å². The molecular weight excluding hydrogens is 383 g/mol. The van der Waals surface area contributed by atoms with Crippen molar-refractivity contribution < 1.29 is 22.3 Å². The van der Waals surface area contributed by atoms with E-state index in [1.165, 1.54) is 25.1 Å². The first-order valence-corrected chi connectivity index (χ1v) is 10.7. The van der Waals surface area contributed by atoms with Crippen LogP contribution < -0.4 is 14.4 Å². The van der Waals surface area contributed by atoms with Gasteiger partial charge in [0.2, 0.25) is 15.9 Å². The number of benzene rings is 2. The van der Waals surface area contributed by atoms with Crippen molar-refractivity contribution in [1.82, 2.24) is 5.32 Å². The van der Waals surface area contributed by atoms with E-state index in [2.05, 4.69) is 5.32 Å². The first-order valence-electron chi connectivity index (χ1n) is 8.86. The first-order chi connectivity index (χ1) is 13.1. The van der Waals surface area contributed by atoms with Crippen molar-refractivity contribution in [2.24, 2.45) is 0 Å². The minimum Gasteiger partial charge on any atom is -0.491 e. The van der Waals surface area contributed by atoms with E-state index >= 15 is 0 Å². The maximum Gasteiger partial charge on any atom is 0.243 e. The molecule has 2 rings (SSSR count). The van der Waals surface area contributed by atoms with Gasteiger partial charge in [-0.25, -0.2) is 12.8 Å². The molecule has 0 aliphatic heterocycles. The summed E-state index contributed by atoms with van der Waals surface area (Å²) in [5.41, 5.74) is 0.910. The fourth-order valence-electron chi connectivity index (χ4n) is 2.76. The summed E-state index contributed by atoms with van der Waals surface area (Å²) in [5.74, 6) is -0.391. The number of hydrogen-bond donors (Lipinski definition) is 1. The van der Waals surface area contributed by atoms with Crippen molar-refractivity contribution in [1.29, 1.82) is 0 Å². The van der Waals surface area contributed by atoms with E-state index in [1.54, 1.807) is 0 Å². The summed E-state index contributed by atoms with van der Waals surface area (Å²) in [7, 11) is -3.80. The molecule has 2 aromatic carbocycles. The lowest BCUT2D eigenvalue weighted by molar-refractivity contribution is -0.122. The molecule has 0 saturated heterocycles. The van der Waals surface area contributed by atoms with Crippen molar-refractivity contribution in [2.45, 2.75) is 39.5 Å². The normalized spacial score (nSPS) is 12.5. The molecule has 1 N–H and O–H groups in total. The highest BCUT2D eigenvalue weighted by Crippen LogP contribution is 2.22. The Hall–Kier alpha value is -2.61. The maximum atomic E-state index is 13.5. The molecule has 8 heteroatoms. The Morgan fingerprint density at radius 1 is 1.14 bits per heavy atom. The Morgan fingerprint density at radius 2 is 1.82 bits per heavy atom. The number of ether oxygens (including phenoxy) is 1. The molecule has 0 aliphatic carbocycles. The monoisotopic (exact) mass is 408 g/mol. The molecule has 152 valence electrons. The van der Waals surface area contributed by atoms with Crippen molar-refractivity contribution >= 4 is 21.6 Å². The fraction of sp³-hybridized carbons (Fsp3) is 0.350. The van der Waals surface area contributed by atoms with E-state index in [9.17, 15) is 17.6 Å². The van der Waals surface area contributed by atoms with Crippen LogP contribution in [0.15, 0.2) is 48.5 Å². The minimum absolute atomic E-state index is 0.0273. The van der Waals surface area contributed by atoms with Gasteiger partial charge >= 0.3 is 0 Å². The number of halogens is 1. The molecule has 6 nitrogen and oxygen atoms in total. The van der Waals surface area contributed by atoms with Gasteiger partial charge in [-0.2, -0.15) is 0 Å². The molecule has 2 aromatic rings. The summed E-state index contributed by atoms with van der Waals surface area (Å²) < 4.78 is 44.5. The van der Waals surface area contributed by atoms with Crippen LogP contribution in [-0.4, -0.2) is 32.7 Å². The second kappa shape index (κ2) is 9.05. The topological polar surface area (TPSA) is 75.7 Å². The van der Waals surface area contributed by atoms with Gasteiger partial charge in [0.15, 0.2) is 0 Å². The van der Waals surface area contributed by atoms with Crippen LogP contribution in [0.2, 0.25) is 0 Å². The van der Waals surface area contributed by atoms with E-state index in [1.807, 2.05) is 38.1 Å². The molecule has 28 heavy (non-hydrogen) atoms. The third kappa shape index (κ3) is 5.95. The molecule has 0 heterocycles. The van der Waals surface area contributed by atoms with Crippen molar-refractivity contribution in [3.63, 3.8) is 0 Å². The zero-order valence-corrected chi connectivity index (χ0v) is 17.2. The number of amides is 1. The van der Waals surface area contributed by atoms with Gasteiger partial charge in [0.05, 0.1) is 18.0 Å². The second-order valence-electron chi connectivity index (χ2n) is 6.75. The number of sulfonamides is 1. The van der Waals surface area contributed by atoms with Gasteiger partial charge in [0.1, 0.15) is 17.6 Å². The lowest BCUT2D eigenvalue weighted by Crippen LogP contribution is -2.47. The zero-order chi connectivity index (χ0) is 20.9. The Kier molecular flexibility index (Phi) is 7.01. The molecule has 0 fully saturated rings. The van der Waals surface area contributed by atoms with Crippen LogP contribution in [-0.2, 0) is 21.4 Å². The average molecular weight is 408 g/mol. The molecule has 1 amide bonds. The number of anilines is 1. The predicted octanol–water partition coefficient (Wildman–Crippen LogP) is 3.08. The van der Waals surface area contributed by atoms with E-state index < -0.39 is 27.8 Å². The SMILES string of the molecule is CC(C)Oc1cccc(CNC(=O)C(C)N(c2cccc(F)c2)S(C)(=O)=O)c1. The van der Waals surface area contributed by atoms with Crippen LogP contribution in [0.4, 0.5) is 10.1 Å². The molecule has 0 saturated carbocycles. The summed E-state index contributed by atoms with van der Waals surface area (Å²) in [6, 6.07) is 11.4. The summed E-state index contributed by atoms with van der Waals surface area (Å²) in [4.78, 5) is 12.6. The Labute approximate surface area is 165 Å². The smallest absolute Gasteiger partial charge is 0.243 e. The van der Waals surface area contributed by atoms with Crippen LogP contribution in [0, 0.1) is 5.82 Å². The highest BCUT2D eigenvalue weighted by atomic mass is 32.2. The third-order valence-corrected chi connectivity index (χ3v) is 5.13. The highest BCUT2D eigenvalue weighted by molar-refractivity contribution is 7.92. The van der Waals surface area contributed by atoms with Crippen LogP contribution in [0.5, 0.6) is 5.75 Å². The van der Waals surface area contributed by atoms with Crippen LogP contribution >= 0.6 is 0 Å².